The largest absolute Gasteiger partial charge is 0.390 e. The molecule has 6 nitrogen and oxygen atoms in total. The normalized spacial score (nSPS) is 15.7. The summed E-state index contributed by atoms with van der Waals surface area (Å²) in [7, 11) is -3.56. The molecule has 2 aromatic rings. The molecular weight excluding hydrogens is 298 g/mol. The third kappa shape index (κ3) is 2.78. The number of hydrogen-bond acceptors (Lipinski definition) is 5. The van der Waals surface area contributed by atoms with Gasteiger partial charge in [0.05, 0.1) is 17.0 Å². The number of aliphatic hydroxyl groups excluding tert-OH is 1. The Kier molecular flexibility index (Phi) is 3.63. The number of aliphatic hydroxyl groups is 1. The van der Waals surface area contributed by atoms with Crippen LogP contribution < -0.4 is 4.72 Å². The molecule has 1 saturated carbocycles. The van der Waals surface area contributed by atoms with E-state index < -0.39 is 10.0 Å². The van der Waals surface area contributed by atoms with Crippen LogP contribution in [-0.4, -0.2) is 23.1 Å². The summed E-state index contributed by atoms with van der Waals surface area (Å²) in [4.78, 5) is 4.97. The Labute approximate surface area is 121 Å². The number of nitrogens with one attached hydrogen (secondary N) is 1. The van der Waals surface area contributed by atoms with Crippen molar-refractivity contribution in [3.63, 3.8) is 0 Å². The van der Waals surface area contributed by atoms with Gasteiger partial charge in [-0.3, -0.25) is 4.98 Å². The van der Waals surface area contributed by atoms with Gasteiger partial charge >= 0.3 is 0 Å². The van der Waals surface area contributed by atoms with E-state index in [1.807, 2.05) is 4.57 Å². The van der Waals surface area contributed by atoms with Gasteiger partial charge in [0.1, 0.15) is 0 Å². The fourth-order valence-corrected chi connectivity index (χ4v) is 3.72. The van der Waals surface area contributed by atoms with Gasteiger partial charge in [-0.2, -0.15) is 0 Å². The molecule has 20 heavy (non-hydrogen) atoms. The summed E-state index contributed by atoms with van der Waals surface area (Å²) >= 11 is 1.40. The van der Waals surface area contributed by atoms with E-state index in [1.165, 1.54) is 17.4 Å². The molecule has 0 bridgehead atoms. The van der Waals surface area contributed by atoms with Crippen LogP contribution in [-0.2, 0) is 23.2 Å². The molecule has 2 aromatic heterocycles. The minimum absolute atomic E-state index is 0.152. The van der Waals surface area contributed by atoms with Crippen LogP contribution in [0.2, 0.25) is 0 Å². The second kappa shape index (κ2) is 5.28. The second-order valence-corrected chi connectivity index (χ2v) is 7.49. The van der Waals surface area contributed by atoms with Gasteiger partial charge in [-0.25, -0.2) is 13.1 Å². The molecule has 0 spiro atoms. The summed E-state index contributed by atoms with van der Waals surface area (Å²) in [6, 6.07) is 1.87. The Morgan fingerprint density at radius 2 is 2.30 bits per heavy atom. The Morgan fingerprint density at radius 3 is 2.90 bits per heavy atom. The highest BCUT2D eigenvalue weighted by atomic mass is 32.2. The zero-order chi connectivity index (χ0) is 14.2. The van der Waals surface area contributed by atoms with Crippen molar-refractivity contribution >= 4 is 21.4 Å². The lowest BCUT2D eigenvalue weighted by Crippen LogP contribution is -2.22. The van der Waals surface area contributed by atoms with Crippen LogP contribution in [0.25, 0.3) is 0 Å². The van der Waals surface area contributed by atoms with E-state index in [0.29, 0.717) is 11.7 Å². The number of sulfonamides is 1. The molecule has 1 aliphatic carbocycles. The second-order valence-electron chi connectivity index (χ2n) is 4.76. The van der Waals surface area contributed by atoms with Crippen LogP contribution in [0.15, 0.2) is 28.9 Å². The minimum Gasteiger partial charge on any atom is -0.390 e. The van der Waals surface area contributed by atoms with Crippen LogP contribution in [0.1, 0.15) is 29.5 Å². The van der Waals surface area contributed by atoms with Crippen LogP contribution in [0.4, 0.5) is 0 Å². The first-order valence-corrected chi connectivity index (χ1v) is 8.65. The summed E-state index contributed by atoms with van der Waals surface area (Å²) in [5.74, 6) is 0. The Balaban J connectivity index is 1.79. The van der Waals surface area contributed by atoms with E-state index in [9.17, 15) is 13.5 Å². The van der Waals surface area contributed by atoms with Crippen molar-refractivity contribution in [2.45, 2.75) is 36.9 Å². The summed E-state index contributed by atoms with van der Waals surface area (Å²) in [5.41, 5.74) is 2.31. The standard InChI is InChI=1S/C12H15N3O3S2/c16-7-10-3-12(6-15(10)9-1-2-9)20(17,18)14-5-11-4-13-8-19-11/h3-4,6,8-9,14,16H,1-2,5,7H2. The van der Waals surface area contributed by atoms with E-state index in [0.717, 1.165) is 17.7 Å². The average Bonchev–Trinajstić information content (AvgIpc) is 2.98. The first-order valence-electron chi connectivity index (χ1n) is 6.29. The van der Waals surface area contributed by atoms with Crippen molar-refractivity contribution in [3.8, 4) is 0 Å². The molecule has 0 radical (unpaired) electrons. The zero-order valence-corrected chi connectivity index (χ0v) is 12.3. The van der Waals surface area contributed by atoms with Crippen molar-refractivity contribution < 1.29 is 13.5 Å². The van der Waals surface area contributed by atoms with E-state index in [-0.39, 0.29) is 18.0 Å². The summed E-state index contributed by atoms with van der Waals surface area (Å²) in [6.07, 6.45) is 5.32. The molecule has 2 heterocycles. The van der Waals surface area contributed by atoms with E-state index in [2.05, 4.69) is 9.71 Å². The van der Waals surface area contributed by atoms with Crippen LogP contribution in [0, 0.1) is 0 Å². The summed E-state index contributed by atoms with van der Waals surface area (Å²) < 4.78 is 28.9. The summed E-state index contributed by atoms with van der Waals surface area (Å²) in [6.45, 7) is 0.0803. The van der Waals surface area contributed by atoms with Crippen LogP contribution in [0.3, 0.4) is 0 Å². The number of hydrogen-bond donors (Lipinski definition) is 2. The van der Waals surface area contributed by atoms with Crippen LogP contribution in [0.5, 0.6) is 0 Å². The van der Waals surface area contributed by atoms with Gasteiger partial charge in [0.2, 0.25) is 10.0 Å². The molecular formula is C12H15N3O3S2. The molecule has 108 valence electrons. The lowest BCUT2D eigenvalue weighted by atomic mass is 10.4. The Morgan fingerprint density at radius 1 is 1.50 bits per heavy atom. The first-order chi connectivity index (χ1) is 9.60. The zero-order valence-electron chi connectivity index (χ0n) is 10.7. The first kappa shape index (κ1) is 13.7. The number of rotatable bonds is 6. The quantitative estimate of drug-likeness (QED) is 0.840. The monoisotopic (exact) mass is 313 g/mol. The highest BCUT2D eigenvalue weighted by Gasteiger charge is 2.28. The Hall–Kier alpha value is -1.22. The maximum Gasteiger partial charge on any atom is 0.242 e. The van der Waals surface area contributed by atoms with E-state index in [1.54, 1.807) is 17.9 Å². The van der Waals surface area contributed by atoms with Crippen molar-refractivity contribution in [1.29, 1.82) is 0 Å². The smallest absolute Gasteiger partial charge is 0.242 e. The molecule has 0 saturated heterocycles. The molecule has 1 fully saturated rings. The molecule has 1 aliphatic rings. The average molecular weight is 313 g/mol. The predicted molar refractivity (Wildman–Crippen MR) is 74.8 cm³/mol. The van der Waals surface area contributed by atoms with Gasteiger partial charge in [-0.05, 0) is 18.9 Å². The maximum absolute atomic E-state index is 12.2. The highest BCUT2D eigenvalue weighted by molar-refractivity contribution is 7.89. The fourth-order valence-electron chi connectivity index (χ4n) is 2.04. The number of aromatic nitrogens is 2. The third-order valence-corrected chi connectivity index (χ3v) is 5.39. The lowest BCUT2D eigenvalue weighted by Gasteiger charge is -2.03. The lowest BCUT2D eigenvalue weighted by molar-refractivity contribution is 0.270. The van der Waals surface area contributed by atoms with Crippen molar-refractivity contribution in [2.75, 3.05) is 0 Å². The van der Waals surface area contributed by atoms with E-state index >= 15 is 0 Å². The third-order valence-electron chi connectivity index (χ3n) is 3.24. The molecule has 0 atom stereocenters. The molecule has 3 rings (SSSR count). The fraction of sp³-hybridized carbons (Fsp3) is 0.417. The van der Waals surface area contributed by atoms with E-state index in [4.69, 9.17) is 0 Å². The van der Waals surface area contributed by atoms with Gasteiger partial charge < -0.3 is 9.67 Å². The van der Waals surface area contributed by atoms with Crippen LogP contribution >= 0.6 is 11.3 Å². The van der Waals surface area contributed by atoms with Crippen molar-refractivity contribution in [3.05, 3.63) is 34.5 Å². The van der Waals surface area contributed by atoms with Gasteiger partial charge in [0, 0.05) is 35.6 Å². The van der Waals surface area contributed by atoms with Crippen molar-refractivity contribution in [2.24, 2.45) is 0 Å². The van der Waals surface area contributed by atoms with Gasteiger partial charge in [-0.1, -0.05) is 0 Å². The molecule has 0 aromatic carbocycles. The molecule has 0 amide bonds. The highest BCUT2D eigenvalue weighted by Crippen LogP contribution is 2.37. The summed E-state index contributed by atoms with van der Waals surface area (Å²) in [5, 5.41) is 9.31. The topological polar surface area (TPSA) is 84.2 Å². The van der Waals surface area contributed by atoms with Gasteiger partial charge in [0.25, 0.3) is 0 Å². The predicted octanol–water partition coefficient (Wildman–Crippen LogP) is 1.25. The number of thiazole rings is 1. The Bertz CT molecular complexity index is 688. The molecule has 0 unspecified atom stereocenters. The molecule has 2 N–H and O–H groups in total. The molecule has 8 heteroatoms. The minimum atomic E-state index is -3.56. The molecule has 0 aliphatic heterocycles. The maximum atomic E-state index is 12.2. The SMILES string of the molecule is O=S(=O)(NCc1cncs1)c1cc(CO)n(C2CC2)c1. The number of nitrogens with zero attached hydrogens (tertiary/aromatic N) is 2. The van der Waals surface area contributed by atoms with Crippen molar-refractivity contribution in [1.82, 2.24) is 14.3 Å². The van der Waals surface area contributed by atoms with Gasteiger partial charge in [0.15, 0.2) is 0 Å². The van der Waals surface area contributed by atoms with Gasteiger partial charge in [-0.15, -0.1) is 11.3 Å².